The van der Waals surface area contributed by atoms with Gasteiger partial charge in [0.1, 0.15) is 5.75 Å². The lowest BCUT2D eigenvalue weighted by molar-refractivity contribution is -0.126. The molecule has 2 aromatic rings. The van der Waals surface area contributed by atoms with Crippen LogP contribution in [0.4, 0.5) is 0 Å². The molecule has 0 N–H and O–H groups in total. The van der Waals surface area contributed by atoms with E-state index in [4.69, 9.17) is 16.3 Å². The molecular formula is C20H20ClNO2. The molecule has 24 heavy (non-hydrogen) atoms. The molecule has 1 amide bonds. The van der Waals surface area contributed by atoms with Gasteiger partial charge in [-0.05, 0) is 54.3 Å². The molecular weight excluding hydrogens is 322 g/mol. The van der Waals surface area contributed by atoms with Crippen LogP contribution >= 0.6 is 11.6 Å². The maximum atomic E-state index is 12.6. The quantitative estimate of drug-likeness (QED) is 0.753. The van der Waals surface area contributed by atoms with Crippen molar-refractivity contribution in [2.75, 3.05) is 13.7 Å². The number of ether oxygens (including phenoxy) is 1. The molecule has 2 aromatic carbocycles. The highest BCUT2D eigenvalue weighted by molar-refractivity contribution is 6.30. The summed E-state index contributed by atoms with van der Waals surface area (Å²) in [5, 5.41) is 0.692. The zero-order chi connectivity index (χ0) is 16.9. The van der Waals surface area contributed by atoms with Crippen LogP contribution < -0.4 is 4.74 Å². The Morgan fingerprint density at radius 3 is 2.54 bits per heavy atom. The second-order valence-electron chi connectivity index (χ2n) is 5.85. The zero-order valence-corrected chi connectivity index (χ0v) is 14.4. The molecule has 1 fully saturated rings. The Morgan fingerprint density at radius 1 is 1.17 bits per heavy atom. The summed E-state index contributed by atoms with van der Waals surface area (Å²) in [6.07, 6.45) is 5.50. The van der Waals surface area contributed by atoms with E-state index in [1.54, 1.807) is 13.2 Å². The van der Waals surface area contributed by atoms with Gasteiger partial charge in [0.2, 0.25) is 5.91 Å². The number of likely N-dealkylation sites (tertiary alicyclic amines) is 1. The third kappa shape index (κ3) is 3.80. The molecule has 4 heteroatoms. The number of carbonyl (C=O) groups is 1. The Bertz CT molecular complexity index is 722. The van der Waals surface area contributed by atoms with Crippen molar-refractivity contribution in [3.63, 3.8) is 0 Å². The highest BCUT2D eigenvalue weighted by atomic mass is 35.5. The molecule has 0 saturated carbocycles. The van der Waals surface area contributed by atoms with Crippen molar-refractivity contribution >= 4 is 23.6 Å². The number of benzene rings is 2. The van der Waals surface area contributed by atoms with Crippen LogP contribution in [0.2, 0.25) is 5.02 Å². The first-order valence-electron chi connectivity index (χ1n) is 8.05. The van der Waals surface area contributed by atoms with Crippen LogP contribution in [0.15, 0.2) is 54.6 Å². The molecule has 1 aliphatic heterocycles. The number of amides is 1. The van der Waals surface area contributed by atoms with E-state index < -0.39 is 0 Å². The minimum Gasteiger partial charge on any atom is -0.497 e. The van der Waals surface area contributed by atoms with Crippen LogP contribution in [0, 0.1) is 0 Å². The second kappa shape index (κ2) is 7.54. The van der Waals surface area contributed by atoms with Crippen molar-refractivity contribution < 1.29 is 9.53 Å². The minimum absolute atomic E-state index is 0.0447. The van der Waals surface area contributed by atoms with Crippen LogP contribution in [-0.4, -0.2) is 24.5 Å². The molecule has 0 aliphatic carbocycles. The highest BCUT2D eigenvalue weighted by Crippen LogP contribution is 2.33. The molecule has 0 bridgehead atoms. The van der Waals surface area contributed by atoms with Crippen molar-refractivity contribution in [2.45, 2.75) is 18.9 Å². The Kier molecular flexibility index (Phi) is 5.21. The summed E-state index contributed by atoms with van der Waals surface area (Å²) in [6, 6.07) is 15.5. The van der Waals surface area contributed by atoms with Gasteiger partial charge in [0, 0.05) is 17.6 Å². The van der Waals surface area contributed by atoms with E-state index in [0.717, 1.165) is 36.3 Å². The number of halogens is 1. The van der Waals surface area contributed by atoms with Crippen molar-refractivity contribution in [3.8, 4) is 5.75 Å². The van der Waals surface area contributed by atoms with Gasteiger partial charge in [-0.1, -0.05) is 35.9 Å². The number of hydrogen-bond acceptors (Lipinski definition) is 2. The fourth-order valence-corrected chi connectivity index (χ4v) is 3.17. The lowest BCUT2D eigenvalue weighted by atomic mass is 10.0. The van der Waals surface area contributed by atoms with E-state index in [1.165, 1.54) is 0 Å². The molecule has 1 heterocycles. The van der Waals surface area contributed by atoms with Crippen LogP contribution in [0.3, 0.4) is 0 Å². The van der Waals surface area contributed by atoms with E-state index in [0.29, 0.717) is 5.02 Å². The molecule has 0 radical (unpaired) electrons. The van der Waals surface area contributed by atoms with Gasteiger partial charge in [0.05, 0.1) is 13.2 Å². The molecule has 0 aromatic heterocycles. The monoisotopic (exact) mass is 341 g/mol. The Hall–Kier alpha value is -2.26. The van der Waals surface area contributed by atoms with Gasteiger partial charge in [0.15, 0.2) is 0 Å². The minimum atomic E-state index is 0.0447. The summed E-state index contributed by atoms with van der Waals surface area (Å²) in [5.74, 6) is 0.875. The standard InChI is InChI=1S/C20H20ClNO2/c1-24-18-11-7-16(8-12-18)19-3-2-14-22(19)20(23)13-6-15-4-9-17(21)10-5-15/h4-13,19H,2-3,14H2,1H3. The van der Waals surface area contributed by atoms with Crippen molar-refractivity contribution in [2.24, 2.45) is 0 Å². The van der Waals surface area contributed by atoms with Gasteiger partial charge in [-0.15, -0.1) is 0 Å². The maximum Gasteiger partial charge on any atom is 0.247 e. The van der Waals surface area contributed by atoms with Crippen LogP contribution in [0.5, 0.6) is 5.75 Å². The Labute approximate surface area is 147 Å². The molecule has 1 atom stereocenters. The summed E-state index contributed by atoms with van der Waals surface area (Å²) < 4.78 is 5.20. The smallest absolute Gasteiger partial charge is 0.247 e. The Balaban J connectivity index is 1.71. The number of nitrogens with zero attached hydrogens (tertiary/aromatic N) is 1. The molecule has 1 aliphatic rings. The van der Waals surface area contributed by atoms with Crippen LogP contribution in [-0.2, 0) is 4.79 Å². The number of carbonyl (C=O) groups excluding carboxylic acids is 1. The molecule has 124 valence electrons. The normalized spacial score (nSPS) is 17.4. The SMILES string of the molecule is COc1ccc(C2CCCN2C(=O)C=Cc2ccc(Cl)cc2)cc1. The van der Waals surface area contributed by atoms with E-state index in [1.807, 2.05) is 59.5 Å². The Morgan fingerprint density at radius 2 is 1.88 bits per heavy atom. The number of methoxy groups -OCH3 is 1. The average Bonchev–Trinajstić information content (AvgIpc) is 3.11. The molecule has 1 unspecified atom stereocenters. The third-order valence-electron chi connectivity index (χ3n) is 4.32. The van der Waals surface area contributed by atoms with Gasteiger partial charge in [-0.3, -0.25) is 4.79 Å². The lowest BCUT2D eigenvalue weighted by Gasteiger charge is -2.24. The lowest BCUT2D eigenvalue weighted by Crippen LogP contribution is -2.28. The average molecular weight is 342 g/mol. The van der Waals surface area contributed by atoms with Crippen LogP contribution in [0.25, 0.3) is 6.08 Å². The second-order valence-corrected chi connectivity index (χ2v) is 6.28. The summed E-state index contributed by atoms with van der Waals surface area (Å²) in [7, 11) is 1.65. The van der Waals surface area contributed by atoms with Gasteiger partial charge in [-0.2, -0.15) is 0 Å². The summed E-state index contributed by atoms with van der Waals surface area (Å²) >= 11 is 5.88. The first kappa shape index (κ1) is 16.6. The van der Waals surface area contributed by atoms with Gasteiger partial charge < -0.3 is 9.64 Å². The van der Waals surface area contributed by atoms with Crippen LogP contribution in [0.1, 0.15) is 30.0 Å². The number of hydrogen-bond donors (Lipinski definition) is 0. The van der Waals surface area contributed by atoms with E-state index in [2.05, 4.69) is 0 Å². The van der Waals surface area contributed by atoms with Gasteiger partial charge in [-0.25, -0.2) is 0 Å². The van der Waals surface area contributed by atoms with Crippen molar-refractivity contribution in [1.29, 1.82) is 0 Å². The summed E-state index contributed by atoms with van der Waals surface area (Å²) in [6.45, 7) is 0.792. The largest absolute Gasteiger partial charge is 0.497 e. The van der Waals surface area contributed by atoms with Gasteiger partial charge in [0.25, 0.3) is 0 Å². The zero-order valence-electron chi connectivity index (χ0n) is 13.6. The summed E-state index contributed by atoms with van der Waals surface area (Å²) in [4.78, 5) is 14.5. The fraction of sp³-hybridized carbons (Fsp3) is 0.250. The first-order valence-corrected chi connectivity index (χ1v) is 8.43. The molecule has 3 rings (SSSR count). The highest BCUT2D eigenvalue weighted by Gasteiger charge is 2.28. The van der Waals surface area contributed by atoms with E-state index in [9.17, 15) is 4.79 Å². The molecule has 3 nitrogen and oxygen atoms in total. The predicted molar refractivity (Wildman–Crippen MR) is 97.2 cm³/mol. The van der Waals surface area contributed by atoms with Crippen molar-refractivity contribution in [3.05, 3.63) is 70.8 Å². The first-order chi connectivity index (χ1) is 11.7. The van der Waals surface area contributed by atoms with Crippen molar-refractivity contribution in [1.82, 2.24) is 4.90 Å². The fourth-order valence-electron chi connectivity index (χ4n) is 3.04. The third-order valence-corrected chi connectivity index (χ3v) is 4.58. The predicted octanol–water partition coefficient (Wildman–Crippen LogP) is 4.73. The number of rotatable bonds is 4. The van der Waals surface area contributed by atoms with Gasteiger partial charge >= 0.3 is 0 Å². The molecule has 1 saturated heterocycles. The van der Waals surface area contributed by atoms with E-state index >= 15 is 0 Å². The summed E-state index contributed by atoms with van der Waals surface area (Å²) in [5.41, 5.74) is 2.12. The topological polar surface area (TPSA) is 29.5 Å². The van der Waals surface area contributed by atoms with E-state index in [-0.39, 0.29) is 11.9 Å². The molecule has 0 spiro atoms. The maximum absolute atomic E-state index is 12.6.